The molecule has 4 rings (SSSR count). The number of halogens is 5. The Bertz CT molecular complexity index is 1060. The molecule has 0 aliphatic carbocycles. The van der Waals surface area contributed by atoms with Crippen LogP contribution in [0.3, 0.4) is 0 Å². The molecule has 3 aromatic rings. The lowest BCUT2D eigenvalue weighted by Crippen LogP contribution is -2.24. The summed E-state index contributed by atoms with van der Waals surface area (Å²) in [5.74, 6) is -2.63. The van der Waals surface area contributed by atoms with Crippen molar-refractivity contribution in [2.45, 2.75) is 18.5 Å². The van der Waals surface area contributed by atoms with Crippen molar-refractivity contribution in [2.24, 2.45) is 0 Å². The van der Waals surface area contributed by atoms with E-state index in [4.69, 9.17) is 4.52 Å². The van der Waals surface area contributed by atoms with Gasteiger partial charge < -0.3 is 9.42 Å². The van der Waals surface area contributed by atoms with Gasteiger partial charge in [-0.2, -0.15) is 18.2 Å². The van der Waals surface area contributed by atoms with Gasteiger partial charge in [0.25, 0.3) is 5.89 Å². The van der Waals surface area contributed by atoms with Crippen LogP contribution in [-0.2, 0) is 11.0 Å². The van der Waals surface area contributed by atoms with Crippen LogP contribution in [0.25, 0.3) is 11.5 Å². The Morgan fingerprint density at radius 2 is 1.76 bits per heavy atom. The van der Waals surface area contributed by atoms with Gasteiger partial charge in [0.2, 0.25) is 5.91 Å². The zero-order valence-corrected chi connectivity index (χ0v) is 14.6. The second-order valence-corrected chi connectivity index (χ2v) is 6.54. The fourth-order valence-corrected chi connectivity index (χ4v) is 3.10. The number of benzene rings is 2. The van der Waals surface area contributed by atoms with Gasteiger partial charge in [-0.1, -0.05) is 5.16 Å². The van der Waals surface area contributed by atoms with Crippen LogP contribution in [0.15, 0.2) is 47.0 Å². The highest BCUT2D eigenvalue weighted by molar-refractivity contribution is 5.96. The Morgan fingerprint density at radius 3 is 2.41 bits per heavy atom. The number of nitrogens with zero attached hydrogens (tertiary/aromatic N) is 3. The van der Waals surface area contributed by atoms with Gasteiger partial charge in [-0.25, -0.2) is 8.78 Å². The first kappa shape index (κ1) is 19.0. The van der Waals surface area contributed by atoms with Crippen molar-refractivity contribution in [1.29, 1.82) is 0 Å². The lowest BCUT2D eigenvalue weighted by atomic mass is 10.1. The van der Waals surface area contributed by atoms with Crippen LogP contribution in [0.2, 0.25) is 0 Å². The Hall–Kier alpha value is -3.30. The van der Waals surface area contributed by atoms with Gasteiger partial charge in [-0.15, -0.1) is 0 Å². The van der Waals surface area contributed by atoms with Crippen LogP contribution in [0.1, 0.15) is 23.7 Å². The second-order valence-electron chi connectivity index (χ2n) is 6.54. The van der Waals surface area contributed by atoms with Crippen molar-refractivity contribution < 1.29 is 31.3 Å². The van der Waals surface area contributed by atoms with Crippen molar-refractivity contribution in [2.75, 3.05) is 11.4 Å². The molecule has 150 valence electrons. The fraction of sp³-hybridized carbons (Fsp3) is 0.211. The average Bonchev–Trinajstić information content (AvgIpc) is 3.30. The summed E-state index contributed by atoms with van der Waals surface area (Å²) in [5.41, 5.74) is -0.286. The van der Waals surface area contributed by atoms with E-state index in [1.165, 1.54) is 23.1 Å². The van der Waals surface area contributed by atoms with Crippen LogP contribution in [0, 0.1) is 11.6 Å². The Kier molecular flexibility index (Phi) is 4.56. The minimum Gasteiger partial charge on any atom is -0.334 e. The summed E-state index contributed by atoms with van der Waals surface area (Å²) in [5, 5.41) is 3.82. The van der Waals surface area contributed by atoms with Gasteiger partial charge in [0.05, 0.1) is 5.56 Å². The summed E-state index contributed by atoms with van der Waals surface area (Å²) in [6.45, 7) is 0.135. The number of aromatic nitrogens is 2. The fourth-order valence-electron chi connectivity index (χ4n) is 3.10. The molecular formula is C19H12F5N3O2. The molecule has 0 N–H and O–H groups in total. The molecule has 1 saturated heterocycles. The van der Waals surface area contributed by atoms with E-state index in [0.29, 0.717) is 5.56 Å². The molecule has 1 fully saturated rings. The third-order valence-corrected chi connectivity index (χ3v) is 4.61. The number of carbonyl (C=O) groups is 1. The molecule has 10 heteroatoms. The molecule has 1 aliphatic heterocycles. The zero-order chi connectivity index (χ0) is 20.8. The first-order valence-corrected chi connectivity index (χ1v) is 8.49. The van der Waals surface area contributed by atoms with Gasteiger partial charge in [-0.05, 0) is 36.4 Å². The Morgan fingerprint density at radius 1 is 1.03 bits per heavy atom. The predicted molar refractivity (Wildman–Crippen MR) is 90.8 cm³/mol. The summed E-state index contributed by atoms with van der Waals surface area (Å²) in [6.07, 6.45) is -4.42. The molecule has 1 aliphatic rings. The summed E-state index contributed by atoms with van der Waals surface area (Å²) < 4.78 is 69.6. The Balaban J connectivity index is 1.52. The quantitative estimate of drug-likeness (QED) is 0.596. The third kappa shape index (κ3) is 3.69. The molecule has 1 atom stereocenters. The van der Waals surface area contributed by atoms with Gasteiger partial charge in [0, 0.05) is 36.2 Å². The summed E-state index contributed by atoms with van der Waals surface area (Å²) in [6, 6.07) is 7.40. The van der Waals surface area contributed by atoms with E-state index in [9.17, 15) is 26.7 Å². The van der Waals surface area contributed by atoms with E-state index in [0.717, 1.165) is 24.3 Å². The molecule has 1 amide bonds. The van der Waals surface area contributed by atoms with E-state index in [2.05, 4.69) is 10.1 Å². The van der Waals surface area contributed by atoms with Crippen LogP contribution >= 0.6 is 0 Å². The van der Waals surface area contributed by atoms with Gasteiger partial charge in [0.15, 0.2) is 17.5 Å². The normalized spacial score (nSPS) is 17.2. The molecular weight excluding hydrogens is 397 g/mol. The number of amides is 1. The van der Waals surface area contributed by atoms with Gasteiger partial charge in [-0.3, -0.25) is 4.79 Å². The van der Waals surface area contributed by atoms with Crippen LogP contribution in [0.4, 0.5) is 27.6 Å². The summed E-state index contributed by atoms with van der Waals surface area (Å²) >= 11 is 0. The number of hydrogen-bond acceptors (Lipinski definition) is 4. The highest BCUT2D eigenvalue weighted by Gasteiger charge is 2.35. The van der Waals surface area contributed by atoms with Gasteiger partial charge in [0.1, 0.15) is 0 Å². The second kappa shape index (κ2) is 6.94. The number of rotatable bonds is 3. The number of alkyl halides is 3. The van der Waals surface area contributed by atoms with E-state index >= 15 is 0 Å². The molecule has 0 spiro atoms. The highest BCUT2D eigenvalue weighted by atomic mass is 19.4. The van der Waals surface area contributed by atoms with Crippen molar-refractivity contribution in [3.63, 3.8) is 0 Å². The molecule has 2 aromatic carbocycles. The molecule has 0 bridgehead atoms. The molecule has 2 heterocycles. The van der Waals surface area contributed by atoms with Crippen molar-refractivity contribution in [1.82, 2.24) is 10.1 Å². The summed E-state index contributed by atoms with van der Waals surface area (Å²) in [7, 11) is 0. The minimum absolute atomic E-state index is 0.0208. The molecule has 0 saturated carbocycles. The third-order valence-electron chi connectivity index (χ3n) is 4.61. The van der Waals surface area contributed by atoms with Crippen LogP contribution < -0.4 is 4.90 Å². The lowest BCUT2D eigenvalue weighted by molar-refractivity contribution is -0.137. The number of anilines is 1. The van der Waals surface area contributed by atoms with E-state index in [-0.39, 0.29) is 36.3 Å². The highest BCUT2D eigenvalue weighted by Crippen LogP contribution is 2.33. The maximum atomic E-state index is 13.4. The van der Waals surface area contributed by atoms with E-state index < -0.39 is 29.3 Å². The van der Waals surface area contributed by atoms with Crippen molar-refractivity contribution in [3.8, 4) is 11.5 Å². The first-order valence-electron chi connectivity index (χ1n) is 8.49. The predicted octanol–water partition coefficient (Wildman–Crippen LogP) is 4.55. The monoisotopic (exact) mass is 409 g/mol. The minimum atomic E-state index is -4.45. The maximum Gasteiger partial charge on any atom is 0.416 e. The van der Waals surface area contributed by atoms with Crippen LogP contribution in [0.5, 0.6) is 0 Å². The molecule has 0 radical (unpaired) electrons. The SMILES string of the molecule is O=C1CC(c2noc(-c3ccc(C(F)(F)F)cc3)n2)CN1c1ccc(F)c(F)c1. The molecule has 1 aromatic heterocycles. The smallest absolute Gasteiger partial charge is 0.334 e. The molecule has 29 heavy (non-hydrogen) atoms. The Labute approximate surface area is 160 Å². The lowest BCUT2D eigenvalue weighted by Gasteiger charge is -2.16. The molecule has 1 unspecified atom stereocenters. The van der Waals surface area contributed by atoms with Crippen molar-refractivity contribution >= 4 is 11.6 Å². The molecule has 5 nitrogen and oxygen atoms in total. The van der Waals surface area contributed by atoms with Crippen molar-refractivity contribution in [3.05, 3.63) is 65.5 Å². The maximum absolute atomic E-state index is 13.4. The van der Waals surface area contributed by atoms with E-state index in [1.54, 1.807) is 0 Å². The first-order chi connectivity index (χ1) is 13.7. The number of hydrogen-bond donors (Lipinski definition) is 0. The topological polar surface area (TPSA) is 59.2 Å². The van der Waals surface area contributed by atoms with Gasteiger partial charge >= 0.3 is 6.18 Å². The zero-order valence-electron chi connectivity index (χ0n) is 14.6. The van der Waals surface area contributed by atoms with Crippen LogP contribution in [-0.4, -0.2) is 22.6 Å². The summed E-state index contributed by atoms with van der Waals surface area (Å²) in [4.78, 5) is 17.7. The van der Waals surface area contributed by atoms with E-state index in [1.807, 2.05) is 0 Å². The number of carbonyl (C=O) groups excluding carboxylic acids is 1. The average molecular weight is 409 g/mol. The standard InChI is InChI=1S/C19H12F5N3O2/c20-14-6-5-13(8-15(14)21)27-9-11(7-16(27)28)17-25-18(29-26-17)10-1-3-12(4-2-10)19(22,23)24/h1-6,8,11H,7,9H2. The largest absolute Gasteiger partial charge is 0.416 e.